The zero-order valence-corrected chi connectivity index (χ0v) is 13.6. The second kappa shape index (κ2) is 7.04. The Kier molecular flexibility index (Phi) is 5.36. The predicted molar refractivity (Wildman–Crippen MR) is 87.3 cm³/mol. The van der Waals surface area contributed by atoms with E-state index in [4.69, 9.17) is 17.4 Å². The summed E-state index contributed by atoms with van der Waals surface area (Å²) < 4.78 is 0. The van der Waals surface area contributed by atoms with Gasteiger partial charge in [0.15, 0.2) is 0 Å². The third kappa shape index (κ3) is 4.04. The maximum absolute atomic E-state index is 11.5. The number of carbonyl (C=O) groups is 1. The van der Waals surface area contributed by atoms with Crippen LogP contribution in [0.15, 0.2) is 30.3 Å². The summed E-state index contributed by atoms with van der Waals surface area (Å²) in [7, 11) is 2.03. The van der Waals surface area contributed by atoms with E-state index in [1.54, 1.807) is 0 Å². The van der Waals surface area contributed by atoms with Crippen LogP contribution in [0, 0.1) is 6.92 Å². The Morgan fingerprint density at radius 2 is 2.00 bits per heavy atom. The molecule has 0 radical (unpaired) electrons. The summed E-state index contributed by atoms with van der Waals surface area (Å²) in [4.78, 5) is 15.5. The first-order chi connectivity index (χ1) is 10.0. The van der Waals surface area contributed by atoms with Crippen molar-refractivity contribution in [2.24, 2.45) is 5.84 Å². The van der Waals surface area contributed by atoms with Crippen LogP contribution in [-0.2, 0) is 13.1 Å². The highest BCUT2D eigenvalue weighted by atomic mass is 35.5. The lowest BCUT2D eigenvalue weighted by Crippen LogP contribution is -2.29. The van der Waals surface area contributed by atoms with Gasteiger partial charge in [-0.3, -0.25) is 15.1 Å². The molecule has 0 unspecified atom stereocenters. The van der Waals surface area contributed by atoms with Crippen molar-refractivity contribution < 1.29 is 4.79 Å². The number of thiophene rings is 1. The molecule has 3 N–H and O–H groups in total. The molecule has 0 spiro atoms. The molecule has 21 heavy (non-hydrogen) atoms. The Morgan fingerprint density at radius 3 is 2.67 bits per heavy atom. The summed E-state index contributed by atoms with van der Waals surface area (Å²) in [5.74, 6) is 4.92. The average molecular weight is 324 g/mol. The quantitative estimate of drug-likeness (QED) is 0.505. The number of carbonyl (C=O) groups excluding carboxylic acids is 1. The minimum atomic E-state index is -0.247. The molecule has 2 aromatic rings. The maximum Gasteiger partial charge on any atom is 0.275 e. The van der Waals surface area contributed by atoms with Crippen LogP contribution in [0.3, 0.4) is 0 Å². The van der Waals surface area contributed by atoms with Crippen molar-refractivity contribution in [3.8, 4) is 0 Å². The third-order valence-electron chi connectivity index (χ3n) is 3.21. The third-order valence-corrected chi connectivity index (χ3v) is 4.67. The molecular weight excluding hydrogens is 306 g/mol. The van der Waals surface area contributed by atoms with Crippen molar-refractivity contribution in [1.29, 1.82) is 0 Å². The average Bonchev–Trinajstić information content (AvgIpc) is 2.82. The van der Waals surface area contributed by atoms with Gasteiger partial charge in [0.05, 0.1) is 4.88 Å². The second-order valence-corrected chi connectivity index (χ2v) is 6.59. The number of nitrogens with zero attached hydrogens (tertiary/aromatic N) is 1. The van der Waals surface area contributed by atoms with E-state index in [0.29, 0.717) is 4.88 Å². The molecule has 0 bridgehead atoms. The molecule has 0 atom stereocenters. The van der Waals surface area contributed by atoms with Crippen LogP contribution in [0.1, 0.15) is 25.7 Å². The predicted octanol–water partition coefficient (Wildman–Crippen LogP) is 2.95. The highest BCUT2D eigenvalue weighted by Gasteiger charge is 2.13. The zero-order valence-electron chi connectivity index (χ0n) is 12.0. The van der Waals surface area contributed by atoms with Gasteiger partial charge < -0.3 is 0 Å². The SMILES string of the molecule is Cc1sc(C(=O)NN)cc1CN(C)Cc1ccccc1Cl. The number of hydrazine groups is 1. The van der Waals surface area contributed by atoms with Crippen molar-refractivity contribution in [2.75, 3.05) is 7.05 Å². The summed E-state index contributed by atoms with van der Waals surface area (Å²) >= 11 is 7.63. The van der Waals surface area contributed by atoms with Crippen molar-refractivity contribution in [2.45, 2.75) is 20.0 Å². The van der Waals surface area contributed by atoms with Gasteiger partial charge >= 0.3 is 0 Å². The minimum absolute atomic E-state index is 0.247. The van der Waals surface area contributed by atoms with Crippen LogP contribution in [-0.4, -0.2) is 17.9 Å². The van der Waals surface area contributed by atoms with Crippen molar-refractivity contribution in [3.05, 3.63) is 56.2 Å². The van der Waals surface area contributed by atoms with Gasteiger partial charge in [0, 0.05) is 23.0 Å². The number of benzene rings is 1. The number of aryl methyl sites for hydroxylation is 1. The van der Waals surface area contributed by atoms with E-state index in [1.807, 2.05) is 44.3 Å². The number of amides is 1. The standard InChI is InChI=1S/C15H18ClN3OS/c1-10-12(7-14(21-10)15(20)18-17)9-19(2)8-11-5-3-4-6-13(11)16/h3-7H,8-9,17H2,1-2H3,(H,18,20). The lowest BCUT2D eigenvalue weighted by molar-refractivity contribution is 0.0957. The van der Waals surface area contributed by atoms with Gasteiger partial charge in [-0.1, -0.05) is 29.8 Å². The summed E-state index contributed by atoms with van der Waals surface area (Å²) in [5, 5.41) is 0.773. The van der Waals surface area contributed by atoms with Gasteiger partial charge in [-0.05, 0) is 37.2 Å². The van der Waals surface area contributed by atoms with Gasteiger partial charge in [-0.2, -0.15) is 0 Å². The minimum Gasteiger partial charge on any atom is -0.298 e. The Bertz CT molecular complexity index is 642. The molecule has 1 aromatic heterocycles. The number of nitrogens with two attached hydrogens (primary N) is 1. The van der Waals surface area contributed by atoms with Crippen LogP contribution in [0.2, 0.25) is 5.02 Å². The lowest BCUT2D eigenvalue weighted by atomic mass is 10.2. The van der Waals surface area contributed by atoms with Crippen LogP contribution >= 0.6 is 22.9 Å². The highest BCUT2D eigenvalue weighted by molar-refractivity contribution is 7.14. The second-order valence-electron chi connectivity index (χ2n) is 4.93. The molecule has 1 heterocycles. The molecule has 1 aromatic carbocycles. The fourth-order valence-corrected chi connectivity index (χ4v) is 3.26. The summed E-state index contributed by atoms with van der Waals surface area (Å²) in [6.45, 7) is 3.52. The number of nitrogens with one attached hydrogen (secondary N) is 1. The monoisotopic (exact) mass is 323 g/mol. The van der Waals surface area contributed by atoms with Crippen molar-refractivity contribution in [3.63, 3.8) is 0 Å². The number of halogens is 1. The van der Waals surface area contributed by atoms with Crippen molar-refractivity contribution in [1.82, 2.24) is 10.3 Å². The maximum atomic E-state index is 11.5. The topological polar surface area (TPSA) is 58.4 Å². The highest BCUT2D eigenvalue weighted by Crippen LogP contribution is 2.24. The fourth-order valence-electron chi connectivity index (χ4n) is 2.12. The van der Waals surface area contributed by atoms with Gasteiger partial charge in [0.25, 0.3) is 5.91 Å². The first-order valence-electron chi connectivity index (χ1n) is 6.53. The number of hydrogen-bond donors (Lipinski definition) is 2. The Morgan fingerprint density at radius 1 is 1.33 bits per heavy atom. The van der Waals surface area contributed by atoms with Crippen LogP contribution in [0.4, 0.5) is 0 Å². The normalized spacial score (nSPS) is 10.9. The summed E-state index contributed by atoms with van der Waals surface area (Å²) in [5.41, 5.74) is 4.39. The molecule has 112 valence electrons. The fraction of sp³-hybridized carbons (Fsp3) is 0.267. The van der Waals surface area contributed by atoms with E-state index < -0.39 is 0 Å². The summed E-state index contributed by atoms with van der Waals surface area (Å²) in [6, 6.07) is 9.71. The molecule has 1 amide bonds. The Balaban J connectivity index is 2.06. The van der Waals surface area contributed by atoms with E-state index in [1.165, 1.54) is 11.3 Å². The van der Waals surface area contributed by atoms with Crippen molar-refractivity contribution >= 4 is 28.8 Å². The van der Waals surface area contributed by atoms with Gasteiger partial charge in [0.2, 0.25) is 0 Å². The van der Waals surface area contributed by atoms with Crippen LogP contribution in [0.5, 0.6) is 0 Å². The van der Waals surface area contributed by atoms with E-state index in [0.717, 1.165) is 34.1 Å². The molecule has 0 aliphatic carbocycles. The van der Waals surface area contributed by atoms with Gasteiger partial charge in [-0.15, -0.1) is 11.3 Å². The van der Waals surface area contributed by atoms with E-state index in [2.05, 4.69) is 10.3 Å². The largest absolute Gasteiger partial charge is 0.298 e. The lowest BCUT2D eigenvalue weighted by Gasteiger charge is -2.17. The number of nitrogen functional groups attached to an aromatic ring is 1. The van der Waals surface area contributed by atoms with Gasteiger partial charge in [-0.25, -0.2) is 5.84 Å². The molecule has 0 saturated heterocycles. The Labute approximate surface area is 133 Å². The smallest absolute Gasteiger partial charge is 0.275 e. The molecule has 0 saturated carbocycles. The zero-order chi connectivity index (χ0) is 15.4. The molecule has 0 fully saturated rings. The number of rotatable bonds is 5. The number of hydrogen-bond acceptors (Lipinski definition) is 4. The first kappa shape index (κ1) is 16.0. The summed E-state index contributed by atoms with van der Waals surface area (Å²) in [6.07, 6.45) is 0. The molecule has 0 aliphatic rings. The molecular formula is C15H18ClN3OS. The molecule has 4 nitrogen and oxygen atoms in total. The van der Waals surface area contributed by atoms with Crippen LogP contribution in [0.25, 0.3) is 0 Å². The van der Waals surface area contributed by atoms with E-state index >= 15 is 0 Å². The molecule has 2 rings (SSSR count). The van der Waals surface area contributed by atoms with Gasteiger partial charge in [0.1, 0.15) is 0 Å². The van der Waals surface area contributed by atoms with Crippen LogP contribution < -0.4 is 11.3 Å². The molecule has 6 heteroatoms. The van der Waals surface area contributed by atoms with E-state index in [9.17, 15) is 4.79 Å². The molecule has 0 aliphatic heterocycles. The first-order valence-corrected chi connectivity index (χ1v) is 7.73. The Hall–Kier alpha value is -1.40. The van der Waals surface area contributed by atoms with E-state index in [-0.39, 0.29) is 5.91 Å².